The maximum atomic E-state index is 2.41. The Morgan fingerprint density at radius 2 is 0.797 bits per heavy atom. The molecule has 0 atom stereocenters. The van der Waals surface area contributed by atoms with Gasteiger partial charge in [-0.1, -0.05) is 152 Å². The fourth-order valence-electron chi connectivity index (χ4n) is 8.89. The van der Waals surface area contributed by atoms with Crippen molar-refractivity contribution in [2.75, 3.05) is 9.80 Å². The Hall–Kier alpha value is -7.88. The van der Waals surface area contributed by atoms with Gasteiger partial charge >= 0.3 is 0 Å². The standard InChI is InChI=1S/C56H39N3/c1-4-19-42(20-5-1)57(53-30-16-18-40-17-10-11-25-48(40)53)45-33-31-41(32-34-45)47-36-38-55(50-27-13-12-26-49(47)50)58(43-21-6-2-7-22-43)46-35-37-56-52(39-46)51-28-14-15-29-54(51)59(56)44-23-8-3-9-24-44/h1-39H. The van der Waals surface area contributed by atoms with Crippen LogP contribution in [0.3, 0.4) is 0 Å². The molecule has 3 nitrogen and oxygen atoms in total. The van der Waals surface area contributed by atoms with Crippen LogP contribution >= 0.6 is 0 Å². The summed E-state index contributed by atoms with van der Waals surface area (Å²) in [6.45, 7) is 0. The Labute approximate surface area is 343 Å². The van der Waals surface area contributed by atoms with Crippen LogP contribution in [0.4, 0.5) is 34.1 Å². The highest BCUT2D eigenvalue weighted by Gasteiger charge is 2.21. The summed E-state index contributed by atoms with van der Waals surface area (Å²) in [6.07, 6.45) is 0. The van der Waals surface area contributed by atoms with E-state index in [-0.39, 0.29) is 0 Å². The van der Waals surface area contributed by atoms with Crippen molar-refractivity contribution in [2.45, 2.75) is 0 Å². The number of benzene rings is 10. The summed E-state index contributed by atoms with van der Waals surface area (Å²) >= 11 is 0. The summed E-state index contributed by atoms with van der Waals surface area (Å²) in [5, 5.41) is 7.28. The molecule has 0 unspecified atom stereocenters. The third kappa shape index (κ3) is 6.00. The second-order valence-electron chi connectivity index (χ2n) is 15.0. The second kappa shape index (κ2) is 14.6. The monoisotopic (exact) mass is 753 g/mol. The molecule has 0 bridgehead atoms. The van der Waals surface area contributed by atoms with Crippen LogP contribution in [-0.2, 0) is 0 Å². The van der Waals surface area contributed by atoms with E-state index in [0.717, 1.165) is 39.8 Å². The van der Waals surface area contributed by atoms with Crippen molar-refractivity contribution in [3.05, 3.63) is 237 Å². The van der Waals surface area contributed by atoms with Crippen molar-refractivity contribution in [1.82, 2.24) is 4.57 Å². The number of hydrogen-bond acceptors (Lipinski definition) is 2. The molecule has 10 aromatic carbocycles. The summed E-state index contributed by atoms with van der Waals surface area (Å²) in [6, 6.07) is 85.3. The molecule has 1 heterocycles. The molecule has 0 aliphatic carbocycles. The lowest BCUT2D eigenvalue weighted by Gasteiger charge is -2.28. The van der Waals surface area contributed by atoms with Crippen LogP contribution in [0.5, 0.6) is 0 Å². The lowest BCUT2D eigenvalue weighted by Crippen LogP contribution is -2.11. The average molecular weight is 754 g/mol. The molecular formula is C56H39N3. The SMILES string of the molecule is c1ccc(N(c2ccc(-c3ccc(N(c4ccccc4)c4ccc5c(c4)c4ccccc4n5-c4ccccc4)c4ccccc34)cc2)c2cccc3ccccc23)cc1. The largest absolute Gasteiger partial charge is 0.310 e. The minimum Gasteiger partial charge on any atom is -0.310 e. The first-order valence-corrected chi connectivity index (χ1v) is 20.2. The predicted molar refractivity (Wildman–Crippen MR) is 251 cm³/mol. The van der Waals surface area contributed by atoms with E-state index in [1.165, 1.54) is 54.5 Å². The van der Waals surface area contributed by atoms with Crippen LogP contribution in [0, 0.1) is 0 Å². The quantitative estimate of drug-likeness (QED) is 0.153. The molecule has 0 amide bonds. The first-order valence-electron chi connectivity index (χ1n) is 20.2. The van der Waals surface area contributed by atoms with Crippen LogP contribution in [0.15, 0.2) is 237 Å². The molecule has 0 saturated heterocycles. The predicted octanol–water partition coefficient (Wildman–Crippen LogP) is 15.7. The van der Waals surface area contributed by atoms with Gasteiger partial charge in [0.1, 0.15) is 0 Å². The fraction of sp³-hybridized carbons (Fsp3) is 0. The Morgan fingerprint density at radius 3 is 1.53 bits per heavy atom. The number of aromatic nitrogens is 1. The Morgan fingerprint density at radius 1 is 0.288 bits per heavy atom. The number of para-hydroxylation sites is 4. The molecule has 1 aromatic heterocycles. The van der Waals surface area contributed by atoms with Crippen molar-refractivity contribution >= 4 is 77.5 Å². The number of hydrogen-bond donors (Lipinski definition) is 0. The van der Waals surface area contributed by atoms with Gasteiger partial charge in [-0.05, 0) is 107 Å². The van der Waals surface area contributed by atoms with Crippen LogP contribution in [-0.4, -0.2) is 4.57 Å². The summed E-state index contributed by atoms with van der Waals surface area (Å²) in [5.41, 5.74) is 12.6. The van der Waals surface area contributed by atoms with Gasteiger partial charge < -0.3 is 14.4 Å². The van der Waals surface area contributed by atoms with Crippen molar-refractivity contribution in [3.63, 3.8) is 0 Å². The third-order valence-electron chi connectivity index (χ3n) is 11.5. The molecule has 0 aliphatic rings. The maximum Gasteiger partial charge on any atom is 0.0542 e. The van der Waals surface area contributed by atoms with Gasteiger partial charge in [-0.3, -0.25) is 0 Å². The van der Waals surface area contributed by atoms with Gasteiger partial charge in [0.25, 0.3) is 0 Å². The molecule has 11 aromatic rings. The zero-order valence-corrected chi connectivity index (χ0v) is 32.4. The fourth-order valence-corrected chi connectivity index (χ4v) is 8.89. The lowest BCUT2D eigenvalue weighted by atomic mass is 9.96. The molecule has 0 aliphatic heterocycles. The van der Waals surface area contributed by atoms with Crippen LogP contribution in [0.2, 0.25) is 0 Å². The molecule has 59 heavy (non-hydrogen) atoms. The third-order valence-corrected chi connectivity index (χ3v) is 11.5. The van der Waals surface area contributed by atoms with Gasteiger partial charge in [0.2, 0.25) is 0 Å². The van der Waals surface area contributed by atoms with Gasteiger partial charge in [-0.15, -0.1) is 0 Å². The number of nitrogens with zero attached hydrogens (tertiary/aromatic N) is 3. The highest BCUT2D eigenvalue weighted by Crippen LogP contribution is 2.45. The molecule has 0 saturated carbocycles. The topological polar surface area (TPSA) is 11.4 Å². The molecule has 0 N–H and O–H groups in total. The normalized spacial score (nSPS) is 11.4. The van der Waals surface area contributed by atoms with Gasteiger partial charge in [0.05, 0.1) is 22.4 Å². The van der Waals surface area contributed by atoms with E-state index in [2.05, 4.69) is 251 Å². The zero-order chi connectivity index (χ0) is 39.1. The maximum absolute atomic E-state index is 2.41. The van der Waals surface area contributed by atoms with Crippen LogP contribution < -0.4 is 9.80 Å². The van der Waals surface area contributed by atoms with Crippen molar-refractivity contribution in [1.29, 1.82) is 0 Å². The minimum atomic E-state index is 1.11. The summed E-state index contributed by atoms with van der Waals surface area (Å²) in [4.78, 5) is 4.77. The van der Waals surface area contributed by atoms with E-state index in [1.807, 2.05) is 0 Å². The first-order chi connectivity index (χ1) is 29.3. The molecule has 3 heteroatoms. The summed E-state index contributed by atoms with van der Waals surface area (Å²) < 4.78 is 2.37. The minimum absolute atomic E-state index is 1.11. The van der Waals surface area contributed by atoms with Gasteiger partial charge in [0, 0.05) is 50.0 Å². The molecule has 0 spiro atoms. The Kier molecular flexibility index (Phi) is 8.49. The highest BCUT2D eigenvalue weighted by molar-refractivity contribution is 6.12. The molecule has 11 rings (SSSR count). The molecular weight excluding hydrogens is 715 g/mol. The van der Waals surface area contributed by atoms with E-state index >= 15 is 0 Å². The highest BCUT2D eigenvalue weighted by atomic mass is 15.1. The average Bonchev–Trinajstić information content (AvgIpc) is 3.64. The zero-order valence-electron chi connectivity index (χ0n) is 32.4. The summed E-state index contributed by atoms with van der Waals surface area (Å²) in [7, 11) is 0. The van der Waals surface area contributed by atoms with Gasteiger partial charge in [0.15, 0.2) is 0 Å². The van der Waals surface area contributed by atoms with Crippen LogP contribution in [0.1, 0.15) is 0 Å². The molecule has 0 radical (unpaired) electrons. The van der Waals surface area contributed by atoms with Crippen LogP contribution in [0.25, 0.3) is 60.2 Å². The molecule has 278 valence electrons. The smallest absolute Gasteiger partial charge is 0.0542 e. The number of rotatable bonds is 8. The Balaban J connectivity index is 1.04. The first kappa shape index (κ1) is 34.4. The summed E-state index contributed by atoms with van der Waals surface area (Å²) in [5.74, 6) is 0. The number of anilines is 6. The molecule has 0 fully saturated rings. The second-order valence-corrected chi connectivity index (χ2v) is 15.0. The van der Waals surface area contributed by atoms with E-state index in [1.54, 1.807) is 0 Å². The van der Waals surface area contributed by atoms with Crippen molar-refractivity contribution in [2.24, 2.45) is 0 Å². The number of fused-ring (bicyclic) bond motifs is 5. The van der Waals surface area contributed by atoms with E-state index in [0.29, 0.717) is 0 Å². The lowest BCUT2D eigenvalue weighted by molar-refractivity contribution is 1.18. The van der Waals surface area contributed by atoms with E-state index in [9.17, 15) is 0 Å². The van der Waals surface area contributed by atoms with Crippen molar-refractivity contribution in [3.8, 4) is 16.8 Å². The van der Waals surface area contributed by atoms with E-state index in [4.69, 9.17) is 0 Å². The van der Waals surface area contributed by atoms with E-state index < -0.39 is 0 Å². The van der Waals surface area contributed by atoms with Gasteiger partial charge in [-0.25, -0.2) is 0 Å². The Bertz CT molecular complexity index is 3260. The van der Waals surface area contributed by atoms with Gasteiger partial charge in [-0.2, -0.15) is 0 Å². The van der Waals surface area contributed by atoms with Crippen molar-refractivity contribution < 1.29 is 0 Å².